The van der Waals surface area contributed by atoms with Gasteiger partial charge in [0.1, 0.15) is 12.2 Å². The Bertz CT molecular complexity index is 919. The van der Waals surface area contributed by atoms with Crippen LogP contribution >= 0.6 is 0 Å². The summed E-state index contributed by atoms with van der Waals surface area (Å²) in [6, 6.07) is 16.6. The van der Waals surface area contributed by atoms with Crippen LogP contribution in [0.3, 0.4) is 0 Å². The van der Waals surface area contributed by atoms with Crippen LogP contribution in [-0.2, 0) is 27.1 Å². The molecule has 2 aromatic rings. The number of ether oxygens (including phenoxy) is 2. The fourth-order valence-corrected chi connectivity index (χ4v) is 3.35. The van der Waals surface area contributed by atoms with Gasteiger partial charge in [-0.25, -0.2) is 14.5 Å². The van der Waals surface area contributed by atoms with Gasteiger partial charge in [-0.1, -0.05) is 42.5 Å². The predicted molar refractivity (Wildman–Crippen MR) is 117 cm³/mol. The van der Waals surface area contributed by atoms with E-state index in [1.54, 1.807) is 32.9 Å². The number of anilines is 1. The van der Waals surface area contributed by atoms with Crippen LogP contribution in [0.1, 0.15) is 38.3 Å². The van der Waals surface area contributed by atoms with E-state index in [1.807, 2.05) is 42.5 Å². The van der Waals surface area contributed by atoms with E-state index < -0.39 is 17.8 Å². The lowest BCUT2D eigenvalue weighted by Crippen LogP contribution is -2.40. The summed E-state index contributed by atoms with van der Waals surface area (Å²) in [5.41, 5.74) is 2.02. The first-order chi connectivity index (χ1) is 14.7. The largest absolute Gasteiger partial charge is 0.447 e. The number of cyclic esters (lactones) is 1. The molecule has 0 aliphatic carbocycles. The topological polar surface area (TPSA) is 84.9 Å². The van der Waals surface area contributed by atoms with Crippen molar-refractivity contribution < 1.29 is 23.9 Å². The third-order valence-electron chi connectivity index (χ3n) is 4.77. The van der Waals surface area contributed by atoms with Crippen molar-refractivity contribution >= 4 is 23.8 Å². The first-order valence-electron chi connectivity index (χ1n) is 10.3. The molecular formula is C24H28N2O5. The summed E-state index contributed by atoms with van der Waals surface area (Å²) < 4.78 is 10.4. The number of nitrogens with zero attached hydrogens (tertiary/aromatic N) is 1. The Kier molecular flexibility index (Phi) is 6.95. The van der Waals surface area contributed by atoms with Gasteiger partial charge >= 0.3 is 12.2 Å². The Balaban J connectivity index is 1.53. The summed E-state index contributed by atoms with van der Waals surface area (Å²) in [7, 11) is 0. The number of carbonyl (C=O) groups excluding carboxylic acids is 3. The summed E-state index contributed by atoms with van der Waals surface area (Å²) in [4.78, 5) is 37.9. The Morgan fingerprint density at radius 3 is 2.39 bits per heavy atom. The number of hydrogen-bond acceptors (Lipinski definition) is 5. The number of imide groups is 1. The molecule has 0 spiro atoms. The molecule has 0 unspecified atom stereocenters. The monoisotopic (exact) mass is 424 g/mol. The van der Waals surface area contributed by atoms with Crippen LogP contribution in [0, 0.1) is 0 Å². The first kappa shape index (κ1) is 22.3. The molecule has 1 atom stereocenters. The van der Waals surface area contributed by atoms with E-state index in [2.05, 4.69) is 5.32 Å². The maximum absolute atomic E-state index is 12.7. The third kappa shape index (κ3) is 6.57. The lowest BCUT2D eigenvalue weighted by molar-refractivity contribution is -0.129. The van der Waals surface area contributed by atoms with Crippen LogP contribution in [0.25, 0.3) is 0 Å². The molecule has 3 rings (SSSR count). The molecule has 0 saturated carbocycles. The molecule has 1 N–H and O–H groups in total. The van der Waals surface area contributed by atoms with Crippen LogP contribution in [0.15, 0.2) is 54.6 Å². The molecular weight excluding hydrogens is 396 g/mol. The zero-order valence-electron chi connectivity index (χ0n) is 18.1. The molecule has 7 nitrogen and oxygen atoms in total. The number of nitrogens with one attached hydrogen (secondary N) is 1. The van der Waals surface area contributed by atoms with E-state index in [0.29, 0.717) is 18.5 Å². The molecule has 1 aliphatic heterocycles. The number of rotatable bonds is 6. The van der Waals surface area contributed by atoms with Crippen molar-refractivity contribution in [2.45, 2.75) is 51.7 Å². The summed E-state index contributed by atoms with van der Waals surface area (Å²) in [6.07, 6.45) is 0.144. The Morgan fingerprint density at radius 2 is 1.74 bits per heavy atom. The molecule has 1 saturated heterocycles. The average Bonchev–Trinajstić information content (AvgIpc) is 3.06. The second kappa shape index (κ2) is 9.64. The third-order valence-corrected chi connectivity index (χ3v) is 4.77. The molecule has 7 heteroatoms. The van der Waals surface area contributed by atoms with Crippen molar-refractivity contribution in [1.82, 2.24) is 4.90 Å². The molecule has 164 valence electrons. The smallest absolute Gasteiger partial charge is 0.416 e. The zero-order valence-corrected chi connectivity index (χ0v) is 18.1. The number of amides is 3. The minimum absolute atomic E-state index is 0.194. The number of aryl methyl sites for hydroxylation is 1. The molecule has 3 amide bonds. The molecule has 31 heavy (non-hydrogen) atoms. The van der Waals surface area contributed by atoms with Crippen LogP contribution in [0.4, 0.5) is 15.3 Å². The second-order valence-corrected chi connectivity index (χ2v) is 8.51. The maximum Gasteiger partial charge on any atom is 0.416 e. The fourth-order valence-electron chi connectivity index (χ4n) is 3.35. The summed E-state index contributed by atoms with van der Waals surface area (Å²) in [6.45, 7) is 5.61. The van der Waals surface area contributed by atoms with Crippen LogP contribution in [0.5, 0.6) is 0 Å². The van der Waals surface area contributed by atoms with Gasteiger partial charge in [0.05, 0.1) is 6.04 Å². The van der Waals surface area contributed by atoms with Crippen LogP contribution < -0.4 is 5.32 Å². The van der Waals surface area contributed by atoms with E-state index in [9.17, 15) is 14.4 Å². The Hall–Kier alpha value is -3.35. The molecule has 2 aromatic carbocycles. The van der Waals surface area contributed by atoms with Crippen molar-refractivity contribution in [2.24, 2.45) is 0 Å². The van der Waals surface area contributed by atoms with Crippen molar-refractivity contribution in [1.29, 1.82) is 0 Å². The van der Waals surface area contributed by atoms with E-state index in [-0.39, 0.29) is 25.0 Å². The molecule has 0 radical (unpaired) electrons. The lowest BCUT2D eigenvalue weighted by atomic mass is 10.0. The maximum atomic E-state index is 12.7. The minimum atomic E-state index is -0.581. The summed E-state index contributed by atoms with van der Waals surface area (Å²) in [5, 5.41) is 2.67. The van der Waals surface area contributed by atoms with Gasteiger partial charge in [-0.15, -0.1) is 0 Å². The van der Waals surface area contributed by atoms with Crippen molar-refractivity contribution in [3.8, 4) is 0 Å². The number of hydrogen-bond donors (Lipinski definition) is 1. The predicted octanol–water partition coefficient (Wildman–Crippen LogP) is 4.56. The van der Waals surface area contributed by atoms with Gasteiger partial charge in [0.2, 0.25) is 5.91 Å². The number of benzene rings is 2. The molecule has 0 aromatic heterocycles. The highest BCUT2D eigenvalue weighted by atomic mass is 16.6. The normalized spacial score (nSPS) is 16.0. The van der Waals surface area contributed by atoms with Gasteiger partial charge in [-0.05, 0) is 56.9 Å². The van der Waals surface area contributed by atoms with Gasteiger partial charge in [0, 0.05) is 12.1 Å². The van der Waals surface area contributed by atoms with Gasteiger partial charge in [0.15, 0.2) is 0 Å². The van der Waals surface area contributed by atoms with Gasteiger partial charge in [0.25, 0.3) is 0 Å². The van der Waals surface area contributed by atoms with Crippen molar-refractivity contribution in [2.75, 3.05) is 11.9 Å². The van der Waals surface area contributed by atoms with E-state index in [0.717, 1.165) is 11.1 Å². The average molecular weight is 424 g/mol. The van der Waals surface area contributed by atoms with Crippen molar-refractivity contribution in [3.05, 3.63) is 65.7 Å². The number of carbonyl (C=O) groups is 3. The highest BCUT2D eigenvalue weighted by Crippen LogP contribution is 2.20. The Morgan fingerprint density at radius 1 is 1.06 bits per heavy atom. The van der Waals surface area contributed by atoms with Crippen LogP contribution in [-0.4, -0.2) is 41.2 Å². The van der Waals surface area contributed by atoms with E-state index in [4.69, 9.17) is 9.47 Å². The van der Waals surface area contributed by atoms with Crippen LogP contribution in [0.2, 0.25) is 0 Å². The molecule has 0 bridgehead atoms. The zero-order chi connectivity index (χ0) is 22.4. The van der Waals surface area contributed by atoms with Gasteiger partial charge < -0.3 is 9.47 Å². The first-order valence-corrected chi connectivity index (χ1v) is 10.3. The quantitative estimate of drug-likeness (QED) is 0.735. The SMILES string of the molecule is CC(C)(C)OC(=O)Nc1ccc(CCC(=O)N2C(=O)OC[C@H]2Cc2ccccc2)cc1. The minimum Gasteiger partial charge on any atom is -0.447 e. The highest BCUT2D eigenvalue weighted by molar-refractivity contribution is 5.93. The Labute approximate surface area is 182 Å². The van der Waals surface area contributed by atoms with E-state index in [1.165, 1.54) is 4.90 Å². The molecule has 1 aliphatic rings. The standard InChI is InChI=1S/C24H28N2O5/c1-24(2,3)31-22(28)25-19-12-9-17(10-13-19)11-14-21(27)26-20(16-30-23(26)29)15-18-7-5-4-6-8-18/h4-10,12-13,20H,11,14-16H2,1-3H3,(H,25,28)/t20-/m1/s1. The second-order valence-electron chi connectivity index (χ2n) is 8.51. The van der Waals surface area contributed by atoms with Crippen molar-refractivity contribution in [3.63, 3.8) is 0 Å². The highest BCUT2D eigenvalue weighted by Gasteiger charge is 2.37. The fraction of sp³-hybridized carbons (Fsp3) is 0.375. The molecule has 1 fully saturated rings. The van der Waals surface area contributed by atoms with Gasteiger partial charge in [-0.2, -0.15) is 0 Å². The van der Waals surface area contributed by atoms with Gasteiger partial charge in [-0.3, -0.25) is 10.1 Å². The summed E-state index contributed by atoms with van der Waals surface area (Å²) >= 11 is 0. The van der Waals surface area contributed by atoms with E-state index >= 15 is 0 Å². The summed E-state index contributed by atoms with van der Waals surface area (Å²) in [5.74, 6) is -0.251. The lowest BCUT2D eigenvalue weighted by Gasteiger charge is -2.20. The molecule has 1 heterocycles.